The minimum Gasteiger partial charge on any atom is -0.390 e. The highest BCUT2D eigenvalue weighted by Crippen LogP contribution is 2.30. The second kappa shape index (κ2) is 5.67. The number of hydrogen-bond acceptors (Lipinski definition) is 3. The lowest BCUT2D eigenvalue weighted by atomic mass is 10.0. The van der Waals surface area contributed by atoms with Crippen molar-refractivity contribution in [2.75, 3.05) is 13.1 Å². The summed E-state index contributed by atoms with van der Waals surface area (Å²) in [6.45, 7) is 0.782. The van der Waals surface area contributed by atoms with Gasteiger partial charge in [0.25, 0.3) is 0 Å². The number of aliphatic hydroxyl groups is 1. The highest BCUT2D eigenvalue weighted by atomic mass is 19.4. The molecule has 1 aliphatic heterocycles. The Kier molecular flexibility index (Phi) is 4.31. The van der Waals surface area contributed by atoms with E-state index in [-0.39, 0.29) is 24.7 Å². The third-order valence-corrected chi connectivity index (χ3v) is 3.49. The average Bonchev–Trinajstić information content (AvgIpc) is 2.35. The van der Waals surface area contributed by atoms with Crippen LogP contribution < -0.4 is 5.73 Å². The molecular formula is C13H16F4N2O. The predicted octanol–water partition coefficient (Wildman–Crippen LogP) is 1.74. The fourth-order valence-electron chi connectivity index (χ4n) is 2.27. The topological polar surface area (TPSA) is 49.5 Å². The molecule has 2 rings (SSSR count). The summed E-state index contributed by atoms with van der Waals surface area (Å²) in [5.41, 5.74) is 4.75. The minimum absolute atomic E-state index is 0.0255. The minimum atomic E-state index is -4.49. The van der Waals surface area contributed by atoms with E-state index in [0.29, 0.717) is 13.0 Å². The lowest BCUT2D eigenvalue weighted by Gasteiger charge is -2.34. The van der Waals surface area contributed by atoms with E-state index < -0.39 is 23.7 Å². The molecule has 1 aromatic rings. The van der Waals surface area contributed by atoms with E-state index in [9.17, 15) is 22.7 Å². The molecule has 2 atom stereocenters. The van der Waals surface area contributed by atoms with Crippen LogP contribution in [-0.4, -0.2) is 35.2 Å². The third-order valence-electron chi connectivity index (χ3n) is 3.49. The first kappa shape index (κ1) is 15.2. The Bertz CT molecular complexity index is 478. The van der Waals surface area contributed by atoms with E-state index in [1.165, 1.54) is 0 Å². The smallest absolute Gasteiger partial charge is 0.390 e. The molecule has 3 nitrogen and oxygen atoms in total. The lowest BCUT2D eigenvalue weighted by Crippen LogP contribution is -2.50. The fraction of sp³-hybridized carbons (Fsp3) is 0.538. The van der Waals surface area contributed by atoms with Crippen LogP contribution in [0.3, 0.4) is 0 Å². The summed E-state index contributed by atoms with van der Waals surface area (Å²) in [6, 6.07) is 2.03. The number of benzene rings is 1. The van der Waals surface area contributed by atoms with Crippen LogP contribution in [0.2, 0.25) is 0 Å². The van der Waals surface area contributed by atoms with Crippen LogP contribution in [0.25, 0.3) is 0 Å². The van der Waals surface area contributed by atoms with Gasteiger partial charge in [0, 0.05) is 31.2 Å². The summed E-state index contributed by atoms with van der Waals surface area (Å²) >= 11 is 0. The number of alkyl halides is 3. The second-order valence-corrected chi connectivity index (χ2v) is 5.06. The van der Waals surface area contributed by atoms with Gasteiger partial charge >= 0.3 is 6.18 Å². The van der Waals surface area contributed by atoms with Crippen LogP contribution in [0.5, 0.6) is 0 Å². The first-order valence-corrected chi connectivity index (χ1v) is 6.29. The van der Waals surface area contributed by atoms with Crippen molar-refractivity contribution in [3.63, 3.8) is 0 Å². The van der Waals surface area contributed by atoms with Crippen molar-refractivity contribution < 1.29 is 22.7 Å². The molecule has 3 N–H and O–H groups in total. The zero-order valence-electron chi connectivity index (χ0n) is 10.7. The average molecular weight is 292 g/mol. The van der Waals surface area contributed by atoms with E-state index in [2.05, 4.69) is 0 Å². The number of rotatable bonds is 2. The molecule has 20 heavy (non-hydrogen) atoms. The van der Waals surface area contributed by atoms with Crippen molar-refractivity contribution in [3.05, 3.63) is 35.1 Å². The normalized spacial score (nSPS) is 24.9. The van der Waals surface area contributed by atoms with Gasteiger partial charge < -0.3 is 10.8 Å². The largest absolute Gasteiger partial charge is 0.416 e. The number of likely N-dealkylation sites (tertiary alicyclic amines) is 1. The molecule has 112 valence electrons. The van der Waals surface area contributed by atoms with Crippen molar-refractivity contribution >= 4 is 0 Å². The molecule has 1 fully saturated rings. The van der Waals surface area contributed by atoms with Crippen LogP contribution >= 0.6 is 0 Å². The van der Waals surface area contributed by atoms with Gasteiger partial charge in [-0.15, -0.1) is 0 Å². The van der Waals surface area contributed by atoms with Gasteiger partial charge in [-0.1, -0.05) is 0 Å². The highest BCUT2D eigenvalue weighted by Gasteiger charge is 2.31. The number of nitrogens with two attached hydrogens (primary N) is 1. The SMILES string of the molecule is N[C@@H]1CCN(Cc2cc(C(F)(F)F)ccc2F)C[C@H]1O. The molecule has 7 heteroatoms. The van der Waals surface area contributed by atoms with E-state index in [1.54, 1.807) is 4.90 Å². The Labute approximate surface area is 114 Å². The molecule has 1 aromatic carbocycles. The molecule has 0 unspecified atom stereocenters. The maximum atomic E-state index is 13.6. The van der Waals surface area contributed by atoms with E-state index in [1.807, 2.05) is 0 Å². The molecule has 0 aliphatic carbocycles. The molecule has 0 spiro atoms. The fourth-order valence-corrected chi connectivity index (χ4v) is 2.27. The molecule has 0 amide bonds. The number of hydrogen-bond donors (Lipinski definition) is 2. The second-order valence-electron chi connectivity index (χ2n) is 5.06. The molecule has 0 radical (unpaired) electrons. The summed E-state index contributed by atoms with van der Waals surface area (Å²) < 4.78 is 51.4. The van der Waals surface area contributed by atoms with Crippen LogP contribution in [0.1, 0.15) is 17.5 Å². The van der Waals surface area contributed by atoms with Gasteiger partial charge in [-0.2, -0.15) is 13.2 Å². The molecule has 1 heterocycles. The highest BCUT2D eigenvalue weighted by molar-refractivity contribution is 5.27. The Hall–Kier alpha value is -1.18. The Morgan fingerprint density at radius 3 is 2.65 bits per heavy atom. The zero-order valence-corrected chi connectivity index (χ0v) is 10.7. The van der Waals surface area contributed by atoms with Crippen molar-refractivity contribution in [1.29, 1.82) is 0 Å². The monoisotopic (exact) mass is 292 g/mol. The molecule has 0 saturated carbocycles. The van der Waals surface area contributed by atoms with E-state index in [4.69, 9.17) is 5.73 Å². The van der Waals surface area contributed by atoms with Gasteiger partial charge in [-0.05, 0) is 24.6 Å². The molecular weight excluding hydrogens is 276 g/mol. The Morgan fingerprint density at radius 2 is 2.05 bits per heavy atom. The van der Waals surface area contributed by atoms with Crippen molar-refractivity contribution in [2.45, 2.75) is 31.3 Å². The van der Waals surface area contributed by atoms with Gasteiger partial charge in [-0.3, -0.25) is 4.90 Å². The summed E-state index contributed by atoms with van der Waals surface area (Å²) in [5, 5.41) is 9.64. The number of nitrogens with zero attached hydrogens (tertiary/aromatic N) is 1. The first-order chi connectivity index (χ1) is 9.27. The van der Waals surface area contributed by atoms with Crippen LogP contribution in [0.15, 0.2) is 18.2 Å². The summed E-state index contributed by atoms with van der Waals surface area (Å²) in [5.74, 6) is -0.678. The maximum absolute atomic E-state index is 13.6. The maximum Gasteiger partial charge on any atom is 0.416 e. The predicted molar refractivity (Wildman–Crippen MR) is 65.3 cm³/mol. The van der Waals surface area contributed by atoms with Gasteiger partial charge in [0.05, 0.1) is 11.7 Å². The van der Waals surface area contributed by atoms with Gasteiger partial charge in [0.2, 0.25) is 0 Å². The van der Waals surface area contributed by atoms with Crippen LogP contribution in [-0.2, 0) is 12.7 Å². The number of aliphatic hydroxyl groups excluding tert-OH is 1. The van der Waals surface area contributed by atoms with Gasteiger partial charge in [-0.25, -0.2) is 4.39 Å². The van der Waals surface area contributed by atoms with Crippen LogP contribution in [0, 0.1) is 5.82 Å². The number of piperidine rings is 1. The van der Waals surface area contributed by atoms with Crippen molar-refractivity contribution in [3.8, 4) is 0 Å². The first-order valence-electron chi connectivity index (χ1n) is 6.29. The summed E-state index contributed by atoms with van der Waals surface area (Å²) in [6.07, 6.45) is -4.70. The van der Waals surface area contributed by atoms with Crippen molar-refractivity contribution in [1.82, 2.24) is 4.90 Å². The van der Waals surface area contributed by atoms with Gasteiger partial charge in [0.1, 0.15) is 5.82 Å². The third kappa shape index (κ3) is 3.47. The van der Waals surface area contributed by atoms with Gasteiger partial charge in [0.15, 0.2) is 0 Å². The molecule has 0 aromatic heterocycles. The lowest BCUT2D eigenvalue weighted by molar-refractivity contribution is -0.137. The summed E-state index contributed by atoms with van der Waals surface area (Å²) in [4.78, 5) is 1.70. The number of halogens is 4. The number of β-amino-alcohol motifs (C(OH)–C–C–N with tert-alkyl or cyclic N) is 1. The Balaban J connectivity index is 2.13. The van der Waals surface area contributed by atoms with Crippen molar-refractivity contribution in [2.24, 2.45) is 5.73 Å². The van der Waals surface area contributed by atoms with Crippen LogP contribution in [0.4, 0.5) is 17.6 Å². The van der Waals surface area contributed by atoms with E-state index in [0.717, 1.165) is 18.2 Å². The Morgan fingerprint density at radius 1 is 1.35 bits per heavy atom. The standard InChI is InChI=1S/C13H16F4N2O/c14-10-2-1-9(13(15,16)17)5-8(10)6-19-4-3-11(18)12(20)7-19/h1-2,5,11-12,20H,3-4,6-7,18H2/t11-,12-/m1/s1. The zero-order chi connectivity index (χ0) is 14.9. The molecule has 1 saturated heterocycles. The quantitative estimate of drug-likeness (QED) is 0.816. The van der Waals surface area contributed by atoms with E-state index >= 15 is 0 Å². The molecule has 1 aliphatic rings. The molecule has 0 bridgehead atoms. The summed E-state index contributed by atoms with van der Waals surface area (Å²) in [7, 11) is 0.